The van der Waals surface area contributed by atoms with Crippen LogP contribution in [0.4, 0.5) is 18.9 Å². The van der Waals surface area contributed by atoms with Crippen LogP contribution in [0.15, 0.2) is 33.6 Å². The van der Waals surface area contributed by atoms with E-state index in [4.69, 9.17) is 4.42 Å². The van der Waals surface area contributed by atoms with Gasteiger partial charge in [-0.15, -0.1) is 12.4 Å². The maximum atomic E-state index is 12.5. The SMILES string of the molecule is Cc1cc(C2CCNCC2)oc(=O)c1C(=O)Nc1ccc(C(F)(F)F)nc1.Cl. The van der Waals surface area contributed by atoms with Crippen LogP contribution in [0.25, 0.3) is 0 Å². The van der Waals surface area contributed by atoms with Gasteiger partial charge in [0.25, 0.3) is 5.91 Å². The first-order valence-corrected chi connectivity index (χ1v) is 8.45. The van der Waals surface area contributed by atoms with Crippen LogP contribution < -0.4 is 16.3 Å². The molecule has 6 nitrogen and oxygen atoms in total. The number of nitrogens with zero attached hydrogens (tertiary/aromatic N) is 1. The molecule has 0 unspecified atom stereocenters. The molecular formula is C18H19ClF3N3O3. The van der Waals surface area contributed by atoms with Gasteiger partial charge in [-0.2, -0.15) is 13.2 Å². The number of rotatable bonds is 3. The van der Waals surface area contributed by atoms with Gasteiger partial charge >= 0.3 is 11.8 Å². The number of amides is 1. The fourth-order valence-electron chi connectivity index (χ4n) is 3.04. The number of carbonyl (C=O) groups excluding carboxylic acids is 1. The molecule has 0 spiro atoms. The molecule has 0 atom stereocenters. The van der Waals surface area contributed by atoms with Crippen LogP contribution in [-0.4, -0.2) is 24.0 Å². The Hall–Kier alpha value is -2.39. The molecule has 28 heavy (non-hydrogen) atoms. The third kappa shape index (κ3) is 4.90. The normalized spacial score (nSPS) is 15.0. The number of alkyl halides is 3. The number of hydrogen-bond acceptors (Lipinski definition) is 5. The highest BCUT2D eigenvalue weighted by Crippen LogP contribution is 2.28. The summed E-state index contributed by atoms with van der Waals surface area (Å²) < 4.78 is 43.0. The zero-order valence-corrected chi connectivity index (χ0v) is 15.7. The molecule has 1 fully saturated rings. The maximum absolute atomic E-state index is 12.5. The van der Waals surface area contributed by atoms with E-state index < -0.39 is 23.4 Å². The van der Waals surface area contributed by atoms with Gasteiger partial charge in [0, 0.05) is 5.92 Å². The molecule has 2 aromatic heterocycles. The lowest BCUT2D eigenvalue weighted by Crippen LogP contribution is -2.28. The van der Waals surface area contributed by atoms with E-state index in [1.807, 2.05) is 0 Å². The number of hydrogen-bond donors (Lipinski definition) is 2. The van der Waals surface area contributed by atoms with Crippen LogP contribution >= 0.6 is 12.4 Å². The van der Waals surface area contributed by atoms with Gasteiger partial charge in [0.15, 0.2) is 0 Å². The van der Waals surface area contributed by atoms with Crippen LogP contribution in [-0.2, 0) is 6.18 Å². The molecular weight excluding hydrogens is 399 g/mol. The number of piperidine rings is 1. The Balaban J connectivity index is 0.00000280. The van der Waals surface area contributed by atoms with E-state index >= 15 is 0 Å². The summed E-state index contributed by atoms with van der Waals surface area (Å²) in [7, 11) is 0. The highest BCUT2D eigenvalue weighted by atomic mass is 35.5. The van der Waals surface area contributed by atoms with Crippen molar-refractivity contribution in [3.8, 4) is 0 Å². The molecule has 0 radical (unpaired) electrons. The van der Waals surface area contributed by atoms with Crippen molar-refractivity contribution in [2.45, 2.75) is 31.9 Å². The summed E-state index contributed by atoms with van der Waals surface area (Å²) in [4.78, 5) is 28.0. The van der Waals surface area contributed by atoms with E-state index in [0.717, 1.165) is 44.3 Å². The Labute approximate surface area is 164 Å². The molecule has 2 aromatic rings. The van der Waals surface area contributed by atoms with Crippen molar-refractivity contribution in [1.29, 1.82) is 0 Å². The van der Waals surface area contributed by atoms with Gasteiger partial charge in [0.05, 0.1) is 11.9 Å². The molecule has 152 valence electrons. The Kier molecular flexibility index (Phi) is 6.84. The molecule has 2 N–H and O–H groups in total. The highest BCUT2D eigenvalue weighted by Gasteiger charge is 2.32. The first-order chi connectivity index (χ1) is 12.8. The van der Waals surface area contributed by atoms with Gasteiger partial charge in [0.2, 0.25) is 0 Å². The summed E-state index contributed by atoms with van der Waals surface area (Å²) in [5, 5.41) is 5.60. The quantitative estimate of drug-likeness (QED) is 0.798. The molecule has 0 bridgehead atoms. The lowest BCUT2D eigenvalue weighted by atomic mass is 9.94. The van der Waals surface area contributed by atoms with Crippen LogP contribution in [0, 0.1) is 6.92 Å². The van der Waals surface area contributed by atoms with Gasteiger partial charge in [0.1, 0.15) is 17.0 Å². The van der Waals surface area contributed by atoms with Crippen LogP contribution in [0.5, 0.6) is 0 Å². The first kappa shape index (κ1) is 21.9. The summed E-state index contributed by atoms with van der Waals surface area (Å²) in [6.45, 7) is 3.29. The molecule has 3 heterocycles. The van der Waals surface area contributed by atoms with Crippen molar-refractivity contribution in [1.82, 2.24) is 10.3 Å². The fourth-order valence-corrected chi connectivity index (χ4v) is 3.04. The summed E-state index contributed by atoms with van der Waals surface area (Å²) >= 11 is 0. The van der Waals surface area contributed by atoms with Crippen molar-refractivity contribution in [3.63, 3.8) is 0 Å². The van der Waals surface area contributed by atoms with E-state index in [1.165, 1.54) is 0 Å². The Morgan fingerprint density at radius 3 is 2.50 bits per heavy atom. The molecule has 0 aliphatic carbocycles. The second-order valence-corrected chi connectivity index (χ2v) is 6.40. The zero-order valence-electron chi connectivity index (χ0n) is 14.9. The first-order valence-electron chi connectivity index (χ1n) is 8.45. The van der Waals surface area contributed by atoms with Crippen molar-refractivity contribution < 1.29 is 22.4 Å². The van der Waals surface area contributed by atoms with Gasteiger partial charge < -0.3 is 15.1 Å². The largest absolute Gasteiger partial charge is 0.433 e. The zero-order chi connectivity index (χ0) is 19.6. The number of carbonyl (C=O) groups is 1. The Bertz CT molecular complexity index is 892. The number of pyridine rings is 1. The van der Waals surface area contributed by atoms with Crippen molar-refractivity contribution in [3.05, 3.63) is 57.4 Å². The van der Waals surface area contributed by atoms with Crippen LogP contribution in [0.1, 0.15) is 46.1 Å². The smallest absolute Gasteiger partial charge is 0.427 e. The van der Waals surface area contributed by atoms with Gasteiger partial charge in [-0.25, -0.2) is 9.78 Å². The van der Waals surface area contributed by atoms with Crippen molar-refractivity contribution >= 4 is 24.0 Å². The molecule has 0 saturated carbocycles. The second-order valence-electron chi connectivity index (χ2n) is 6.40. The number of anilines is 1. The van der Waals surface area contributed by atoms with Gasteiger partial charge in [-0.3, -0.25) is 4.79 Å². The average Bonchev–Trinajstić information content (AvgIpc) is 2.61. The maximum Gasteiger partial charge on any atom is 0.433 e. The van der Waals surface area contributed by atoms with Crippen molar-refractivity contribution in [2.24, 2.45) is 0 Å². The van der Waals surface area contributed by atoms with E-state index in [9.17, 15) is 22.8 Å². The lowest BCUT2D eigenvalue weighted by Gasteiger charge is -2.21. The van der Waals surface area contributed by atoms with Crippen LogP contribution in [0.2, 0.25) is 0 Å². The topological polar surface area (TPSA) is 84.2 Å². The summed E-state index contributed by atoms with van der Waals surface area (Å²) in [5.41, 5.74) is -1.50. The standard InChI is InChI=1S/C18H18F3N3O3.ClH/c1-10-8-13(11-4-6-22-7-5-11)27-17(26)15(10)16(25)24-12-2-3-14(23-9-12)18(19,20)21;/h2-3,8-9,11,22H,4-7H2,1H3,(H,24,25);1H. The molecule has 3 rings (SSSR count). The minimum Gasteiger partial charge on any atom is -0.427 e. The summed E-state index contributed by atoms with van der Waals surface area (Å²) in [6, 6.07) is 3.51. The third-order valence-corrected chi connectivity index (χ3v) is 4.45. The van der Waals surface area contributed by atoms with Gasteiger partial charge in [-0.05, 0) is 56.6 Å². The second kappa shape index (κ2) is 8.74. The minimum absolute atomic E-state index is 0. The molecule has 1 saturated heterocycles. The monoisotopic (exact) mass is 417 g/mol. The molecule has 0 aromatic carbocycles. The molecule has 10 heteroatoms. The van der Waals surface area contributed by atoms with E-state index in [0.29, 0.717) is 11.3 Å². The molecule has 1 aliphatic rings. The number of aryl methyl sites for hydroxylation is 1. The third-order valence-electron chi connectivity index (χ3n) is 4.45. The van der Waals surface area contributed by atoms with E-state index in [-0.39, 0.29) is 29.6 Å². The predicted molar refractivity (Wildman–Crippen MR) is 99.0 cm³/mol. The highest BCUT2D eigenvalue weighted by molar-refractivity contribution is 6.04. The summed E-state index contributed by atoms with van der Waals surface area (Å²) in [5.74, 6) is -0.0831. The van der Waals surface area contributed by atoms with Gasteiger partial charge in [-0.1, -0.05) is 0 Å². The molecule has 1 aliphatic heterocycles. The minimum atomic E-state index is -4.56. The molecule has 1 amide bonds. The Morgan fingerprint density at radius 2 is 1.96 bits per heavy atom. The predicted octanol–water partition coefficient (Wildman–Crippen LogP) is 3.50. The number of aromatic nitrogens is 1. The average molecular weight is 418 g/mol. The Morgan fingerprint density at radius 1 is 1.29 bits per heavy atom. The van der Waals surface area contributed by atoms with E-state index in [1.54, 1.807) is 13.0 Å². The number of nitrogens with one attached hydrogen (secondary N) is 2. The van der Waals surface area contributed by atoms with E-state index in [2.05, 4.69) is 15.6 Å². The lowest BCUT2D eigenvalue weighted by molar-refractivity contribution is -0.141. The number of halogens is 4. The summed E-state index contributed by atoms with van der Waals surface area (Å²) in [6.07, 6.45) is -2.00. The van der Waals surface area contributed by atoms with Crippen LogP contribution in [0.3, 0.4) is 0 Å². The van der Waals surface area contributed by atoms with Crippen molar-refractivity contribution in [2.75, 3.05) is 18.4 Å². The fraction of sp³-hybridized carbons (Fsp3) is 0.389.